The van der Waals surface area contributed by atoms with Crippen molar-refractivity contribution in [3.05, 3.63) is 38.0 Å². The van der Waals surface area contributed by atoms with E-state index in [1.807, 2.05) is 5.16 Å². The highest BCUT2D eigenvalue weighted by atomic mass is 32.2. The molecule has 0 spiro atoms. The van der Waals surface area contributed by atoms with Crippen LogP contribution < -0.4 is 10.9 Å². The zero-order chi connectivity index (χ0) is 25.5. The topological polar surface area (TPSA) is 205 Å². The van der Waals surface area contributed by atoms with E-state index in [1.165, 1.54) is 42.0 Å². The largest absolute Gasteiger partial charge is 0.477 e. The molecule has 2 aromatic rings. The second-order valence-electron chi connectivity index (χ2n) is 7.27. The van der Waals surface area contributed by atoms with Crippen LogP contribution in [0, 0.1) is 6.92 Å². The number of amides is 2. The van der Waals surface area contributed by atoms with Gasteiger partial charge in [-0.1, -0.05) is 23.1 Å². The number of hydrogen-bond donors (Lipinski definition) is 4. The number of carboxylic acid groups (broad SMARTS) is 2. The van der Waals surface area contributed by atoms with Crippen molar-refractivity contribution in [2.24, 2.45) is 0 Å². The highest BCUT2D eigenvalue weighted by Crippen LogP contribution is 2.47. The van der Waals surface area contributed by atoms with E-state index in [0.29, 0.717) is 9.91 Å². The number of carbonyl (C=O) groups excluding carboxylic acids is 2. The van der Waals surface area contributed by atoms with Crippen molar-refractivity contribution < 1.29 is 38.7 Å². The molecule has 2 aliphatic heterocycles. The molecule has 2 atom stereocenters. The number of aliphatic carboxylic acids is 1. The molecule has 0 saturated carbocycles. The second kappa shape index (κ2) is 9.48. The summed E-state index contributed by atoms with van der Waals surface area (Å²) >= 11 is 3.87. The Morgan fingerprint density at radius 2 is 2.06 bits per heavy atom. The quantitative estimate of drug-likeness (QED) is 0.185. The first kappa shape index (κ1) is 25.0. The average Bonchev–Trinajstić information content (AvgIpc) is 3.39. The highest BCUT2D eigenvalue weighted by molar-refractivity contribution is 8.01. The third kappa shape index (κ3) is 4.35. The minimum Gasteiger partial charge on any atom is -0.477 e. The number of ether oxygens (including phenoxy) is 1. The lowest BCUT2D eigenvalue weighted by atomic mass is 9.98. The summed E-state index contributed by atoms with van der Waals surface area (Å²) in [7, 11) is 1.18. The predicted molar refractivity (Wildman–Crippen MR) is 121 cm³/mol. The number of fused-ring (bicyclic) bond motifs is 1. The number of H-pyrrole nitrogens is 1. The van der Waals surface area contributed by atoms with Crippen molar-refractivity contribution in [3.8, 4) is 0 Å². The number of nitrogens with one attached hydrogen (secondary N) is 2. The first-order valence-corrected chi connectivity index (χ1v) is 12.6. The van der Waals surface area contributed by atoms with Gasteiger partial charge >= 0.3 is 11.9 Å². The van der Waals surface area contributed by atoms with E-state index in [0.717, 1.165) is 9.91 Å². The van der Waals surface area contributed by atoms with Crippen LogP contribution in [-0.2, 0) is 25.5 Å². The van der Waals surface area contributed by atoms with E-state index in [4.69, 9.17) is 14.4 Å². The fraction of sp³-hybridized carbons (Fsp3) is 0.389. The number of thioether (sulfide) groups is 2. The lowest BCUT2D eigenvalue weighted by Gasteiger charge is -2.55. The number of carboxylic acids is 2. The monoisotopic (exact) mass is 543 g/mol. The molecule has 186 valence electrons. The van der Waals surface area contributed by atoms with Gasteiger partial charge in [0.2, 0.25) is 5.91 Å². The third-order valence-electron chi connectivity index (χ3n) is 5.14. The van der Waals surface area contributed by atoms with Crippen LogP contribution in [0.3, 0.4) is 0 Å². The Morgan fingerprint density at radius 1 is 1.31 bits per heavy atom. The normalized spacial score (nSPS) is 21.5. The second-order valence-corrected chi connectivity index (χ2v) is 10.7. The fourth-order valence-corrected chi connectivity index (χ4v) is 7.01. The molecule has 4 rings (SSSR count). The van der Waals surface area contributed by atoms with Gasteiger partial charge in [-0.3, -0.25) is 19.3 Å². The van der Waals surface area contributed by atoms with E-state index >= 15 is 0 Å². The minimum absolute atomic E-state index is 0.195. The maximum atomic E-state index is 13.1. The molecule has 1 fully saturated rings. The number of aromatic carboxylic acids is 1. The number of β-lactam (4-membered cyclic amide) rings is 1. The lowest BCUT2D eigenvalue weighted by Crippen LogP contribution is -2.80. The zero-order valence-electron chi connectivity index (χ0n) is 18.0. The summed E-state index contributed by atoms with van der Waals surface area (Å²) in [6.45, 7) is 1.80. The number of aromatic nitrogens is 3. The van der Waals surface area contributed by atoms with Crippen molar-refractivity contribution in [2.75, 3.05) is 18.6 Å². The molecule has 2 amide bonds. The number of hydrogen-bond acceptors (Lipinski definition) is 12. The van der Waals surface area contributed by atoms with Gasteiger partial charge in [0.1, 0.15) is 16.1 Å². The fourth-order valence-electron chi connectivity index (χ4n) is 3.61. The summed E-state index contributed by atoms with van der Waals surface area (Å²) in [6.07, 6.45) is -0.666. The maximum Gasteiger partial charge on any atom is 0.352 e. The number of carbonyl (C=O) groups is 4. The van der Waals surface area contributed by atoms with Gasteiger partial charge in [-0.05, 0) is 12.5 Å². The number of aromatic amines is 1. The molecule has 0 aromatic carbocycles. The Kier molecular flexibility index (Phi) is 6.76. The Labute approximate surface area is 208 Å². The minimum atomic E-state index is -1.88. The van der Waals surface area contributed by atoms with Gasteiger partial charge in [0.15, 0.2) is 15.7 Å². The van der Waals surface area contributed by atoms with Gasteiger partial charge in [0, 0.05) is 18.6 Å². The summed E-state index contributed by atoms with van der Waals surface area (Å²) in [5.74, 6) is -4.45. The van der Waals surface area contributed by atoms with Crippen LogP contribution in [0.1, 0.15) is 21.1 Å². The molecule has 0 aliphatic carbocycles. The first-order valence-electron chi connectivity index (χ1n) is 9.72. The van der Waals surface area contributed by atoms with Gasteiger partial charge in [0.25, 0.3) is 17.2 Å². The van der Waals surface area contributed by atoms with Gasteiger partial charge in [-0.15, -0.1) is 22.0 Å². The van der Waals surface area contributed by atoms with Crippen LogP contribution in [0.5, 0.6) is 0 Å². The Hall–Kier alpha value is -3.15. The van der Waals surface area contributed by atoms with Crippen molar-refractivity contribution in [1.82, 2.24) is 25.6 Å². The molecular weight excluding hydrogens is 526 g/mol. The molecule has 4 heterocycles. The summed E-state index contributed by atoms with van der Waals surface area (Å²) in [5.41, 5.74) is -3.32. The summed E-state index contributed by atoms with van der Waals surface area (Å²) in [5, 5.41) is 31.0. The molecule has 2 aliphatic rings. The maximum absolute atomic E-state index is 13.1. The summed E-state index contributed by atoms with van der Waals surface area (Å²) < 4.78 is 10.8. The SMILES string of the molecule is CO[C@@]1(NC(=O)Cc2o[nH]c(=O)c2C(=O)O)C(=O)N2C(C(=O)O)=C(CSc3nnc(C)s3)CS[C@@H]21. The number of methoxy groups -OCH3 is 1. The Balaban J connectivity index is 1.53. The smallest absolute Gasteiger partial charge is 0.352 e. The number of rotatable bonds is 9. The van der Waals surface area contributed by atoms with E-state index < -0.39 is 58.2 Å². The van der Waals surface area contributed by atoms with E-state index in [-0.39, 0.29) is 17.2 Å². The third-order valence-corrected chi connectivity index (χ3v) is 8.58. The number of nitrogens with zero attached hydrogens (tertiary/aromatic N) is 3. The first-order chi connectivity index (χ1) is 16.6. The van der Waals surface area contributed by atoms with Crippen molar-refractivity contribution in [1.29, 1.82) is 0 Å². The molecular formula is C18H17N5O9S3. The van der Waals surface area contributed by atoms with E-state index in [1.54, 1.807) is 6.92 Å². The molecule has 1 saturated heterocycles. The van der Waals surface area contributed by atoms with Gasteiger partial charge in [-0.2, -0.15) is 5.16 Å². The standard InChI is InChI=1S/C18H17N5O9S3/c1-6-20-21-17(35-6)34-5-7-4-33-16-18(31-2,15(30)23(16)11(7)14(28)29)19-9(24)3-8-10(13(26)27)12(25)22-32-8/h16H,3-5H2,1-2H3,(H,19,24)(H,22,25)(H,26,27)(H,28,29)/t16-,18+/m1/s1. The average molecular weight is 544 g/mol. The van der Waals surface area contributed by atoms with Crippen LogP contribution in [0.2, 0.25) is 0 Å². The highest BCUT2D eigenvalue weighted by Gasteiger charge is 2.66. The van der Waals surface area contributed by atoms with Crippen LogP contribution in [0.4, 0.5) is 0 Å². The molecule has 0 radical (unpaired) electrons. The van der Waals surface area contributed by atoms with E-state index in [2.05, 4.69) is 15.5 Å². The predicted octanol–water partition coefficient (Wildman–Crippen LogP) is -0.126. The van der Waals surface area contributed by atoms with Gasteiger partial charge in [0.05, 0.1) is 6.42 Å². The molecule has 0 unspecified atom stereocenters. The van der Waals surface area contributed by atoms with E-state index in [9.17, 15) is 29.1 Å². The molecule has 0 bridgehead atoms. The summed E-state index contributed by atoms with van der Waals surface area (Å²) in [6, 6.07) is 0. The molecule has 17 heteroatoms. The molecule has 35 heavy (non-hydrogen) atoms. The molecule has 4 N–H and O–H groups in total. The number of aryl methyl sites for hydroxylation is 1. The van der Waals surface area contributed by atoms with Crippen LogP contribution >= 0.6 is 34.9 Å². The van der Waals surface area contributed by atoms with Crippen LogP contribution in [0.15, 0.2) is 24.9 Å². The molecule has 2 aromatic heterocycles. The Morgan fingerprint density at radius 3 is 2.66 bits per heavy atom. The van der Waals surface area contributed by atoms with Gasteiger partial charge < -0.3 is 24.8 Å². The van der Waals surface area contributed by atoms with Gasteiger partial charge in [-0.25, -0.2) is 9.59 Å². The van der Waals surface area contributed by atoms with Crippen molar-refractivity contribution in [2.45, 2.75) is 28.8 Å². The van der Waals surface area contributed by atoms with Crippen LogP contribution in [-0.4, -0.2) is 83.9 Å². The van der Waals surface area contributed by atoms with Crippen molar-refractivity contribution >= 4 is 58.6 Å². The molecule has 14 nitrogen and oxygen atoms in total. The van der Waals surface area contributed by atoms with Crippen molar-refractivity contribution in [3.63, 3.8) is 0 Å². The Bertz CT molecular complexity index is 1310. The summed E-state index contributed by atoms with van der Waals surface area (Å²) in [4.78, 5) is 61.7. The van der Waals surface area contributed by atoms with Crippen LogP contribution in [0.25, 0.3) is 0 Å². The zero-order valence-corrected chi connectivity index (χ0v) is 20.5. The lowest BCUT2D eigenvalue weighted by molar-refractivity contribution is -0.192.